The molecule has 0 fully saturated rings. The van der Waals surface area contributed by atoms with Crippen molar-refractivity contribution in [1.29, 1.82) is 0 Å². The van der Waals surface area contributed by atoms with Gasteiger partial charge < -0.3 is 5.73 Å². The lowest BCUT2D eigenvalue weighted by Crippen LogP contribution is -2.41. The maximum atomic E-state index is 6.08. The standard InChI is InChI=1S/C12H22N2S/c1-5-9(2)14(4)12(10(3)13)11-6-7-15-8-11/h6-10,12H,5,13H2,1-4H3. The molecule has 0 aliphatic rings. The van der Waals surface area contributed by atoms with Crippen LogP contribution >= 0.6 is 11.3 Å². The maximum Gasteiger partial charge on any atom is 0.0504 e. The molecule has 0 aliphatic heterocycles. The fraction of sp³-hybridized carbons (Fsp3) is 0.667. The van der Waals surface area contributed by atoms with Gasteiger partial charge in [-0.25, -0.2) is 0 Å². The van der Waals surface area contributed by atoms with Crippen LogP contribution in [-0.2, 0) is 0 Å². The van der Waals surface area contributed by atoms with Crippen LogP contribution < -0.4 is 5.73 Å². The van der Waals surface area contributed by atoms with Crippen LogP contribution in [0.5, 0.6) is 0 Å². The van der Waals surface area contributed by atoms with Gasteiger partial charge in [0, 0.05) is 12.1 Å². The van der Waals surface area contributed by atoms with Crippen LogP contribution in [0.2, 0.25) is 0 Å². The van der Waals surface area contributed by atoms with Crippen LogP contribution in [0.3, 0.4) is 0 Å². The van der Waals surface area contributed by atoms with Crippen LogP contribution in [0.1, 0.15) is 38.8 Å². The Hall–Kier alpha value is -0.380. The van der Waals surface area contributed by atoms with E-state index in [2.05, 4.69) is 49.5 Å². The van der Waals surface area contributed by atoms with E-state index in [1.165, 1.54) is 5.56 Å². The number of rotatable bonds is 5. The van der Waals surface area contributed by atoms with Crippen molar-refractivity contribution in [2.75, 3.05) is 7.05 Å². The molecule has 0 radical (unpaired) electrons. The van der Waals surface area contributed by atoms with E-state index in [9.17, 15) is 0 Å². The molecule has 0 saturated heterocycles. The Kier molecular flexibility index (Phi) is 4.77. The van der Waals surface area contributed by atoms with Gasteiger partial charge in [-0.1, -0.05) is 6.92 Å². The normalized spacial score (nSPS) is 17.7. The average Bonchev–Trinajstić information content (AvgIpc) is 2.69. The first kappa shape index (κ1) is 12.7. The summed E-state index contributed by atoms with van der Waals surface area (Å²) in [4.78, 5) is 2.38. The highest BCUT2D eigenvalue weighted by Crippen LogP contribution is 2.26. The second-order valence-corrected chi connectivity index (χ2v) is 5.06. The monoisotopic (exact) mass is 226 g/mol. The zero-order valence-corrected chi connectivity index (χ0v) is 10.9. The van der Waals surface area contributed by atoms with Crippen molar-refractivity contribution in [1.82, 2.24) is 4.90 Å². The zero-order valence-electron chi connectivity index (χ0n) is 10.1. The molecule has 3 atom stereocenters. The van der Waals surface area contributed by atoms with Crippen LogP contribution in [0.25, 0.3) is 0 Å². The highest BCUT2D eigenvalue weighted by molar-refractivity contribution is 7.07. The predicted molar refractivity (Wildman–Crippen MR) is 68.2 cm³/mol. The molecule has 15 heavy (non-hydrogen) atoms. The minimum absolute atomic E-state index is 0.165. The number of nitrogens with zero attached hydrogens (tertiary/aromatic N) is 1. The summed E-state index contributed by atoms with van der Waals surface area (Å²) >= 11 is 1.74. The Balaban J connectivity index is 2.84. The fourth-order valence-electron chi connectivity index (χ4n) is 1.92. The Morgan fingerprint density at radius 2 is 2.13 bits per heavy atom. The van der Waals surface area contributed by atoms with E-state index in [0.29, 0.717) is 12.1 Å². The van der Waals surface area contributed by atoms with Gasteiger partial charge in [0.05, 0.1) is 6.04 Å². The predicted octanol–water partition coefficient (Wildman–Crippen LogP) is 2.87. The van der Waals surface area contributed by atoms with E-state index in [-0.39, 0.29) is 6.04 Å². The second kappa shape index (κ2) is 5.64. The molecule has 1 aromatic rings. The van der Waals surface area contributed by atoms with Gasteiger partial charge in [0.2, 0.25) is 0 Å². The van der Waals surface area contributed by atoms with Crippen molar-refractivity contribution in [2.45, 2.75) is 45.3 Å². The molecule has 3 heteroatoms. The van der Waals surface area contributed by atoms with E-state index in [1.54, 1.807) is 11.3 Å². The van der Waals surface area contributed by atoms with Crippen LogP contribution in [0.4, 0.5) is 0 Å². The number of hydrogen-bond donors (Lipinski definition) is 1. The molecule has 2 N–H and O–H groups in total. The molecule has 1 heterocycles. The number of nitrogens with two attached hydrogens (primary N) is 1. The molecule has 0 aliphatic carbocycles. The van der Waals surface area contributed by atoms with Gasteiger partial charge in [0.15, 0.2) is 0 Å². The van der Waals surface area contributed by atoms with E-state index in [4.69, 9.17) is 5.73 Å². The minimum Gasteiger partial charge on any atom is -0.326 e. The highest BCUT2D eigenvalue weighted by Gasteiger charge is 2.24. The molecular formula is C12H22N2S. The molecule has 0 amide bonds. The Morgan fingerprint density at radius 3 is 2.53 bits per heavy atom. The molecule has 0 saturated carbocycles. The summed E-state index contributed by atoms with van der Waals surface area (Å²) in [5.74, 6) is 0. The largest absolute Gasteiger partial charge is 0.326 e. The van der Waals surface area contributed by atoms with Crippen molar-refractivity contribution in [2.24, 2.45) is 5.73 Å². The first-order valence-electron chi connectivity index (χ1n) is 5.57. The Bertz CT molecular complexity index is 269. The lowest BCUT2D eigenvalue weighted by atomic mass is 10.0. The summed E-state index contributed by atoms with van der Waals surface area (Å²) in [6, 6.07) is 3.25. The number of hydrogen-bond acceptors (Lipinski definition) is 3. The maximum absolute atomic E-state index is 6.08. The lowest BCUT2D eigenvalue weighted by Gasteiger charge is -2.35. The van der Waals surface area contributed by atoms with E-state index >= 15 is 0 Å². The smallest absolute Gasteiger partial charge is 0.0504 e. The molecule has 1 rings (SSSR count). The van der Waals surface area contributed by atoms with Crippen molar-refractivity contribution >= 4 is 11.3 Å². The fourth-order valence-corrected chi connectivity index (χ4v) is 2.60. The molecule has 0 aromatic carbocycles. The van der Waals surface area contributed by atoms with E-state index in [1.807, 2.05) is 0 Å². The SMILES string of the molecule is CCC(C)N(C)C(c1ccsc1)C(C)N. The molecular weight excluding hydrogens is 204 g/mol. The molecule has 86 valence electrons. The van der Waals surface area contributed by atoms with Crippen molar-refractivity contribution in [3.8, 4) is 0 Å². The molecule has 2 nitrogen and oxygen atoms in total. The van der Waals surface area contributed by atoms with Gasteiger partial charge in [0.25, 0.3) is 0 Å². The summed E-state index contributed by atoms with van der Waals surface area (Å²) in [6.07, 6.45) is 1.16. The second-order valence-electron chi connectivity index (χ2n) is 4.28. The molecule has 0 bridgehead atoms. The third kappa shape index (κ3) is 3.03. The highest BCUT2D eigenvalue weighted by atomic mass is 32.1. The number of thiophene rings is 1. The first-order chi connectivity index (χ1) is 7.07. The Labute approximate surface area is 97.1 Å². The third-order valence-electron chi connectivity index (χ3n) is 3.11. The first-order valence-corrected chi connectivity index (χ1v) is 6.51. The van der Waals surface area contributed by atoms with Gasteiger partial charge in [-0.3, -0.25) is 4.90 Å². The van der Waals surface area contributed by atoms with Gasteiger partial charge in [-0.05, 0) is 49.7 Å². The van der Waals surface area contributed by atoms with Gasteiger partial charge in [0.1, 0.15) is 0 Å². The van der Waals surface area contributed by atoms with Gasteiger partial charge in [-0.15, -0.1) is 0 Å². The zero-order chi connectivity index (χ0) is 11.4. The topological polar surface area (TPSA) is 29.3 Å². The summed E-state index contributed by atoms with van der Waals surface area (Å²) < 4.78 is 0. The van der Waals surface area contributed by atoms with Crippen molar-refractivity contribution < 1.29 is 0 Å². The molecule has 3 unspecified atom stereocenters. The van der Waals surface area contributed by atoms with Crippen molar-refractivity contribution in [3.63, 3.8) is 0 Å². The van der Waals surface area contributed by atoms with Crippen LogP contribution in [-0.4, -0.2) is 24.0 Å². The Morgan fingerprint density at radius 1 is 1.47 bits per heavy atom. The van der Waals surface area contributed by atoms with Crippen LogP contribution in [0.15, 0.2) is 16.8 Å². The number of likely N-dealkylation sites (N-methyl/N-ethyl adjacent to an activating group) is 1. The summed E-state index contributed by atoms with van der Waals surface area (Å²) in [7, 11) is 2.17. The molecule has 1 aromatic heterocycles. The van der Waals surface area contributed by atoms with Gasteiger partial charge >= 0.3 is 0 Å². The van der Waals surface area contributed by atoms with E-state index in [0.717, 1.165) is 6.42 Å². The quantitative estimate of drug-likeness (QED) is 0.836. The summed E-state index contributed by atoms with van der Waals surface area (Å²) in [6.45, 7) is 6.55. The van der Waals surface area contributed by atoms with Gasteiger partial charge in [-0.2, -0.15) is 11.3 Å². The minimum atomic E-state index is 0.165. The summed E-state index contributed by atoms with van der Waals surface area (Å²) in [5, 5.41) is 4.32. The van der Waals surface area contributed by atoms with Crippen molar-refractivity contribution in [3.05, 3.63) is 22.4 Å². The molecule has 0 spiro atoms. The average molecular weight is 226 g/mol. The van der Waals surface area contributed by atoms with Crippen LogP contribution in [0, 0.1) is 0 Å². The summed E-state index contributed by atoms with van der Waals surface area (Å²) in [5.41, 5.74) is 7.43. The van der Waals surface area contributed by atoms with E-state index < -0.39 is 0 Å². The third-order valence-corrected chi connectivity index (χ3v) is 3.81. The lowest BCUT2D eigenvalue weighted by molar-refractivity contribution is 0.162.